The highest BCUT2D eigenvalue weighted by Crippen LogP contribution is 2.20. The number of rotatable bonds is 3. The standard InChI is InChI=1S/C13H19N3O2/c1-14-10-4-7-16(8-5-10)13(17)11-3-6-15-9-12(11)18-2/h3,6,9-10,14H,4-5,7-8H2,1-2H3. The number of carbonyl (C=O) groups excluding carboxylic acids is 1. The average Bonchev–Trinajstić information content (AvgIpc) is 2.46. The highest BCUT2D eigenvalue weighted by atomic mass is 16.5. The van der Waals surface area contributed by atoms with Gasteiger partial charge in [-0.05, 0) is 26.0 Å². The number of hydrogen-bond acceptors (Lipinski definition) is 4. The lowest BCUT2D eigenvalue weighted by molar-refractivity contribution is 0.0704. The first-order valence-corrected chi connectivity index (χ1v) is 6.20. The molecule has 0 saturated carbocycles. The van der Waals surface area contributed by atoms with E-state index in [0.717, 1.165) is 25.9 Å². The van der Waals surface area contributed by atoms with E-state index >= 15 is 0 Å². The number of likely N-dealkylation sites (tertiary alicyclic amines) is 1. The molecule has 0 unspecified atom stereocenters. The fourth-order valence-corrected chi connectivity index (χ4v) is 2.26. The molecule has 2 heterocycles. The lowest BCUT2D eigenvalue weighted by Gasteiger charge is -2.32. The number of amides is 1. The third-order valence-corrected chi connectivity index (χ3v) is 3.43. The molecule has 0 aliphatic carbocycles. The van der Waals surface area contributed by atoms with Gasteiger partial charge in [-0.3, -0.25) is 9.78 Å². The van der Waals surface area contributed by atoms with E-state index < -0.39 is 0 Å². The SMILES string of the molecule is CNC1CCN(C(=O)c2ccncc2OC)CC1. The molecule has 2 rings (SSSR count). The zero-order chi connectivity index (χ0) is 13.0. The van der Waals surface area contributed by atoms with Gasteiger partial charge in [-0.1, -0.05) is 0 Å². The van der Waals surface area contributed by atoms with Gasteiger partial charge in [-0.25, -0.2) is 0 Å². The fourth-order valence-electron chi connectivity index (χ4n) is 2.26. The summed E-state index contributed by atoms with van der Waals surface area (Å²) in [6, 6.07) is 2.24. The number of aromatic nitrogens is 1. The highest BCUT2D eigenvalue weighted by molar-refractivity contribution is 5.96. The van der Waals surface area contributed by atoms with Crippen LogP contribution in [-0.4, -0.2) is 49.1 Å². The van der Waals surface area contributed by atoms with E-state index in [1.54, 1.807) is 25.6 Å². The largest absolute Gasteiger partial charge is 0.494 e. The number of ether oxygens (including phenoxy) is 1. The van der Waals surface area contributed by atoms with Crippen LogP contribution < -0.4 is 10.1 Å². The maximum atomic E-state index is 12.4. The molecular weight excluding hydrogens is 230 g/mol. The number of hydrogen-bond donors (Lipinski definition) is 1. The number of piperidine rings is 1. The summed E-state index contributed by atoms with van der Waals surface area (Å²) in [5.41, 5.74) is 0.593. The summed E-state index contributed by atoms with van der Waals surface area (Å²) in [7, 11) is 3.52. The minimum absolute atomic E-state index is 0.0313. The molecule has 1 aromatic heterocycles. The van der Waals surface area contributed by atoms with Crippen molar-refractivity contribution >= 4 is 5.91 Å². The molecule has 5 heteroatoms. The first kappa shape index (κ1) is 12.8. The van der Waals surface area contributed by atoms with Crippen LogP contribution in [0.15, 0.2) is 18.5 Å². The van der Waals surface area contributed by atoms with Crippen LogP contribution in [-0.2, 0) is 0 Å². The molecule has 0 atom stereocenters. The van der Waals surface area contributed by atoms with Crippen molar-refractivity contribution in [3.8, 4) is 5.75 Å². The molecule has 1 fully saturated rings. The maximum absolute atomic E-state index is 12.4. The molecule has 1 amide bonds. The van der Waals surface area contributed by atoms with Crippen molar-refractivity contribution in [2.24, 2.45) is 0 Å². The molecule has 1 saturated heterocycles. The summed E-state index contributed by atoms with van der Waals surface area (Å²) in [6.45, 7) is 1.58. The van der Waals surface area contributed by atoms with Gasteiger partial charge in [-0.15, -0.1) is 0 Å². The summed E-state index contributed by atoms with van der Waals surface area (Å²) in [6.07, 6.45) is 5.19. The smallest absolute Gasteiger partial charge is 0.257 e. The molecular formula is C13H19N3O2. The molecule has 1 aliphatic rings. The Balaban J connectivity index is 2.08. The molecule has 0 radical (unpaired) electrons. The van der Waals surface area contributed by atoms with Crippen LogP contribution in [0.4, 0.5) is 0 Å². The molecule has 1 aromatic rings. The number of pyridine rings is 1. The topological polar surface area (TPSA) is 54.5 Å². The minimum atomic E-state index is 0.0313. The molecule has 98 valence electrons. The van der Waals surface area contributed by atoms with E-state index in [1.165, 1.54) is 0 Å². The molecule has 0 spiro atoms. The highest BCUT2D eigenvalue weighted by Gasteiger charge is 2.24. The van der Waals surface area contributed by atoms with Gasteiger partial charge in [0.15, 0.2) is 0 Å². The first-order chi connectivity index (χ1) is 8.76. The Labute approximate surface area is 107 Å². The van der Waals surface area contributed by atoms with Crippen molar-refractivity contribution in [1.82, 2.24) is 15.2 Å². The fraction of sp³-hybridized carbons (Fsp3) is 0.538. The van der Waals surface area contributed by atoms with Gasteiger partial charge in [0.05, 0.1) is 18.9 Å². The van der Waals surface area contributed by atoms with E-state index in [9.17, 15) is 4.79 Å². The quantitative estimate of drug-likeness (QED) is 0.865. The Bertz CT molecular complexity index is 414. The molecule has 5 nitrogen and oxygen atoms in total. The first-order valence-electron chi connectivity index (χ1n) is 6.20. The van der Waals surface area contributed by atoms with Crippen LogP contribution in [0.2, 0.25) is 0 Å². The third-order valence-electron chi connectivity index (χ3n) is 3.43. The summed E-state index contributed by atoms with van der Waals surface area (Å²) >= 11 is 0. The van der Waals surface area contributed by atoms with E-state index in [-0.39, 0.29) is 5.91 Å². The Morgan fingerprint density at radius 3 is 2.83 bits per heavy atom. The zero-order valence-corrected chi connectivity index (χ0v) is 10.8. The predicted octanol–water partition coefficient (Wildman–Crippen LogP) is 0.914. The van der Waals surface area contributed by atoms with Gasteiger partial charge in [0.2, 0.25) is 0 Å². The van der Waals surface area contributed by atoms with Crippen LogP contribution >= 0.6 is 0 Å². The van der Waals surface area contributed by atoms with Crippen molar-refractivity contribution < 1.29 is 9.53 Å². The summed E-state index contributed by atoms with van der Waals surface area (Å²) < 4.78 is 5.18. The number of nitrogens with one attached hydrogen (secondary N) is 1. The second-order valence-corrected chi connectivity index (χ2v) is 4.43. The number of nitrogens with zero attached hydrogens (tertiary/aromatic N) is 2. The van der Waals surface area contributed by atoms with Crippen molar-refractivity contribution in [3.63, 3.8) is 0 Å². The van der Waals surface area contributed by atoms with Crippen molar-refractivity contribution in [1.29, 1.82) is 0 Å². The Hall–Kier alpha value is -1.62. The Kier molecular flexibility index (Phi) is 4.15. The van der Waals surface area contributed by atoms with Gasteiger partial charge >= 0.3 is 0 Å². The van der Waals surface area contributed by atoms with Gasteiger partial charge in [0, 0.05) is 25.3 Å². The minimum Gasteiger partial charge on any atom is -0.494 e. The van der Waals surface area contributed by atoms with Crippen LogP contribution in [0.3, 0.4) is 0 Å². The summed E-state index contributed by atoms with van der Waals surface area (Å²) in [5, 5.41) is 3.25. The molecule has 0 bridgehead atoms. The maximum Gasteiger partial charge on any atom is 0.257 e. The normalized spacial score (nSPS) is 16.7. The predicted molar refractivity (Wildman–Crippen MR) is 68.8 cm³/mol. The third kappa shape index (κ3) is 2.61. The average molecular weight is 249 g/mol. The van der Waals surface area contributed by atoms with Crippen LogP contribution in [0.5, 0.6) is 5.75 Å². The second-order valence-electron chi connectivity index (χ2n) is 4.43. The van der Waals surface area contributed by atoms with Gasteiger partial charge in [0.1, 0.15) is 5.75 Å². The Morgan fingerprint density at radius 2 is 2.22 bits per heavy atom. The van der Waals surface area contributed by atoms with Crippen LogP contribution in [0, 0.1) is 0 Å². The van der Waals surface area contributed by atoms with Crippen molar-refractivity contribution in [2.45, 2.75) is 18.9 Å². The zero-order valence-electron chi connectivity index (χ0n) is 10.8. The summed E-state index contributed by atoms with van der Waals surface area (Å²) in [5.74, 6) is 0.571. The van der Waals surface area contributed by atoms with Gasteiger partial charge < -0.3 is 15.0 Å². The Morgan fingerprint density at radius 1 is 1.50 bits per heavy atom. The van der Waals surface area contributed by atoms with E-state index in [1.807, 2.05) is 11.9 Å². The van der Waals surface area contributed by atoms with Crippen LogP contribution in [0.1, 0.15) is 23.2 Å². The molecule has 1 N–H and O–H groups in total. The van der Waals surface area contributed by atoms with Crippen molar-refractivity contribution in [3.05, 3.63) is 24.0 Å². The van der Waals surface area contributed by atoms with E-state index in [2.05, 4.69) is 10.3 Å². The van der Waals surface area contributed by atoms with Crippen molar-refractivity contribution in [2.75, 3.05) is 27.2 Å². The molecule has 0 aromatic carbocycles. The van der Waals surface area contributed by atoms with E-state index in [4.69, 9.17) is 4.74 Å². The lowest BCUT2D eigenvalue weighted by Crippen LogP contribution is -2.44. The number of carbonyl (C=O) groups is 1. The summed E-state index contributed by atoms with van der Waals surface area (Å²) in [4.78, 5) is 18.2. The second kappa shape index (κ2) is 5.82. The van der Waals surface area contributed by atoms with Gasteiger partial charge in [0.25, 0.3) is 5.91 Å². The van der Waals surface area contributed by atoms with E-state index in [0.29, 0.717) is 17.4 Å². The monoisotopic (exact) mass is 249 g/mol. The van der Waals surface area contributed by atoms with Crippen LogP contribution in [0.25, 0.3) is 0 Å². The van der Waals surface area contributed by atoms with Gasteiger partial charge in [-0.2, -0.15) is 0 Å². The lowest BCUT2D eigenvalue weighted by atomic mass is 10.0. The number of methoxy groups -OCH3 is 1. The molecule has 1 aliphatic heterocycles. The molecule has 18 heavy (non-hydrogen) atoms.